The molecule has 1 aliphatic carbocycles. The molecular weight excluding hydrogens is 250 g/mol. The average Bonchev–Trinajstić information content (AvgIpc) is 2.42. The Balaban J connectivity index is 1.78. The Labute approximate surface area is 121 Å². The van der Waals surface area contributed by atoms with E-state index in [9.17, 15) is 0 Å². The third-order valence-electron chi connectivity index (χ3n) is 3.60. The molecule has 1 aromatic carbocycles. The number of hydrogen-bond donors (Lipinski definition) is 2. The van der Waals surface area contributed by atoms with Crippen LogP contribution in [0.5, 0.6) is 5.75 Å². The maximum Gasteiger partial charge on any atom is 0.188 e. The van der Waals surface area contributed by atoms with Crippen LogP contribution >= 0.6 is 0 Å². The van der Waals surface area contributed by atoms with E-state index in [-0.39, 0.29) is 0 Å². The molecule has 0 atom stereocenters. The summed E-state index contributed by atoms with van der Waals surface area (Å²) in [5, 5.41) is 3.20. The number of ether oxygens (including phenoxy) is 1. The van der Waals surface area contributed by atoms with Crippen LogP contribution < -0.4 is 15.8 Å². The number of guanidine groups is 1. The quantitative estimate of drug-likeness (QED) is 0.594. The predicted molar refractivity (Wildman–Crippen MR) is 82.9 cm³/mol. The first-order valence-corrected chi connectivity index (χ1v) is 7.53. The smallest absolute Gasteiger partial charge is 0.188 e. The van der Waals surface area contributed by atoms with Crippen molar-refractivity contribution in [1.82, 2.24) is 5.32 Å². The van der Waals surface area contributed by atoms with Crippen LogP contribution in [0.1, 0.15) is 38.2 Å². The van der Waals surface area contributed by atoms with Crippen molar-refractivity contribution in [2.45, 2.75) is 39.2 Å². The number of benzene rings is 1. The van der Waals surface area contributed by atoms with E-state index in [4.69, 9.17) is 10.5 Å². The second-order valence-electron chi connectivity index (χ2n) is 5.38. The highest BCUT2D eigenvalue weighted by atomic mass is 16.5. The highest BCUT2D eigenvalue weighted by molar-refractivity contribution is 5.77. The van der Waals surface area contributed by atoms with Crippen LogP contribution in [0.2, 0.25) is 0 Å². The van der Waals surface area contributed by atoms with Gasteiger partial charge in [-0.05, 0) is 42.9 Å². The highest BCUT2D eigenvalue weighted by Crippen LogP contribution is 2.25. The topological polar surface area (TPSA) is 59.6 Å². The lowest BCUT2D eigenvalue weighted by molar-refractivity contribution is 0.315. The van der Waals surface area contributed by atoms with Gasteiger partial charge in [-0.15, -0.1) is 0 Å². The first-order chi connectivity index (χ1) is 9.78. The molecule has 1 aliphatic rings. The number of hydrogen-bond acceptors (Lipinski definition) is 2. The maximum absolute atomic E-state index is 5.87. The van der Waals surface area contributed by atoms with Crippen LogP contribution in [0.3, 0.4) is 0 Å². The van der Waals surface area contributed by atoms with Gasteiger partial charge < -0.3 is 15.8 Å². The van der Waals surface area contributed by atoms with Gasteiger partial charge in [0.15, 0.2) is 5.96 Å². The molecule has 4 nitrogen and oxygen atoms in total. The fourth-order valence-corrected chi connectivity index (χ4v) is 2.13. The van der Waals surface area contributed by atoms with E-state index in [2.05, 4.69) is 17.2 Å². The van der Waals surface area contributed by atoms with E-state index in [1.54, 1.807) is 0 Å². The summed E-state index contributed by atoms with van der Waals surface area (Å²) in [6, 6.07) is 8.04. The molecule has 0 aliphatic heterocycles. The lowest BCUT2D eigenvalue weighted by Gasteiger charge is -2.25. The number of rotatable bonds is 7. The van der Waals surface area contributed by atoms with Gasteiger partial charge in [-0.2, -0.15) is 0 Å². The van der Waals surface area contributed by atoms with Crippen molar-refractivity contribution in [1.29, 1.82) is 0 Å². The minimum Gasteiger partial charge on any atom is -0.494 e. The first-order valence-electron chi connectivity index (χ1n) is 7.53. The van der Waals surface area contributed by atoms with Crippen molar-refractivity contribution in [3.63, 3.8) is 0 Å². The van der Waals surface area contributed by atoms with Crippen LogP contribution in [0.25, 0.3) is 0 Å². The van der Waals surface area contributed by atoms with Gasteiger partial charge in [-0.25, -0.2) is 4.99 Å². The van der Waals surface area contributed by atoms with Gasteiger partial charge in [0, 0.05) is 6.54 Å². The molecule has 0 saturated heterocycles. The molecule has 0 heterocycles. The summed E-state index contributed by atoms with van der Waals surface area (Å²) >= 11 is 0. The van der Waals surface area contributed by atoms with Gasteiger partial charge in [0.1, 0.15) is 5.75 Å². The summed E-state index contributed by atoms with van der Waals surface area (Å²) in [5.74, 6) is 2.23. The van der Waals surface area contributed by atoms with Crippen LogP contribution in [-0.2, 0) is 6.54 Å². The zero-order valence-corrected chi connectivity index (χ0v) is 12.3. The summed E-state index contributed by atoms with van der Waals surface area (Å²) < 4.78 is 5.61. The molecule has 20 heavy (non-hydrogen) atoms. The Bertz CT molecular complexity index is 441. The van der Waals surface area contributed by atoms with Gasteiger partial charge in [-0.1, -0.05) is 25.5 Å². The van der Waals surface area contributed by atoms with E-state index in [1.165, 1.54) is 19.3 Å². The van der Waals surface area contributed by atoms with Gasteiger partial charge in [0.25, 0.3) is 0 Å². The van der Waals surface area contributed by atoms with Gasteiger partial charge >= 0.3 is 0 Å². The van der Waals surface area contributed by atoms with Crippen molar-refractivity contribution >= 4 is 5.96 Å². The van der Waals surface area contributed by atoms with Gasteiger partial charge in [-0.3, -0.25) is 0 Å². The van der Waals surface area contributed by atoms with Gasteiger partial charge in [0.05, 0.1) is 13.2 Å². The van der Waals surface area contributed by atoms with Crippen LogP contribution in [-0.4, -0.2) is 19.1 Å². The maximum atomic E-state index is 5.87. The summed E-state index contributed by atoms with van der Waals surface area (Å²) in [5.41, 5.74) is 6.99. The molecule has 3 N–H and O–H groups in total. The molecular formula is C16H25N3O. The van der Waals surface area contributed by atoms with E-state index < -0.39 is 0 Å². The summed E-state index contributed by atoms with van der Waals surface area (Å²) in [6.07, 6.45) is 5.00. The highest BCUT2D eigenvalue weighted by Gasteiger charge is 2.16. The van der Waals surface area contributed by atoms with Crippen molar-refractivity contribution in [2.24, 2.45) is 16.6 Å². The normalized spacial score (nSPS) is 15.8. The second kappa shape index (κ2) is 7.78. The standard InChI is InChI=1S/C16H25N3O/c1-2-9-20-15-8-4-7-14(10-15)12-19-16(17)18-11-13-5-3-6-13/h4,7-8,10,13H,2-3,5-6,9,11-12H2,1H3,(H3,17,18,19). The van der Waals surface area contributed by atoms with E-state index in [0.29, 0.717) is 12.5 Å². The molecule has 0 unspecified atom stereocenters. The van der Waals surface area contributed by atoms with Crippen LogP contribution in [0, 0.1) is 5.92 Å². The summed E-state index contributed by atoms with van der Waals surface area (Å²) in [4.78, 5) is 4.37. The SMILES string of the molecule is CCCOc1cccc(CN=C(N)NCC2CCC2)c1. The third-order valence-corrected chi connectivity index (χ3v) is 3.60. The molecule has 4 heteroatoms. The van der Waals surface area contributed by atoms with E-state index >= 15 is 0 Å². The summed E-state index contributed by atoms with van der Waals surface area (Å²) in [6.45, 7) is 4.39. The van der Waals surface area contributed by atoms with Crippen molar-refractivity contribution < 1.29 is 4.74 Å². The molecule has 0 aromatic heterocycles. The lowest BCUT2D eigenvalue weighted by Crippen LogP contribution is -2.37. The number of nitrogens with two attached hydrogens (primary N) is 1. The van der Waals surface area contributed by atoms with E-state index in [0.717, 1.165) is 36.8 Å². The molecule has 0 amide bonds. The Hall–Kier alpha value is -1.71. The zero-order chi connectivity index (χ0) is 14.2. The van der Waals surface area contributed by atoms with Crippen molar-refractivity contribution in [3.8, 4) is 5.75 Å². The number of aliphatic imine (C=N–C) groups is 1. The molecule has 2 rings (SSSR count). The molecule has 0 radical (unpaired) electrons. The minimum atomic E-state index is 0.539. The predicted octanol–water partition coefficient (Wildman–Crippen LogP) is 2.68. The second-order valence-corrected chi connectivity index (χ2v) is 5.38. The average molecular weight is 275 g/mol. The largest absolute Gasteiger partial charge is 0.494 e. The van der Waals surface area contributed by atoms with Crippen molar-refractivity contribution in [3.05, 3.63) is 29.8 Å². The molecule has 0 spiro atoms. The lowest BCUT2D eigenvalue weighted by atomic mass is 9.85. The molecule has 1 saturated carbocycles. The van der Waals surface area contributed by atoms with Gasteiger partial charge in [0.2, 0.25) is 0 Å². The zero-order valence-electron chi connectivity index (χ0n) is 12.3. The minimum absolute atomic E-state index is 0.539. The molecule has 1 fully saturated rings. The Morgan fingerprint density at radius 2 is 2.30 bits per heavy atom. The third kappa shape index (κ3) is 4.76. The Morgan fingerprint density at radius 1 is 1.45 bits per heavy atom. The monoisotopic (exact) mass is 275 g/mol. The molecule has 0 bridgehead atoms. The molecule has 110 valence electrons. The Kier molecular flexibility index (Phi) is 5.71. The Morgan fingerprint density at radius 3 is 3.00 bits per heavy atom. The van der Waals surface area contributed by atoms with Crippen LogP contribution in [0.4, 0.5) is 0 Å². The van der Waals surface area contributed by atoms with E-state index in [1.807, 2.05) is 24.3 Å². The summed E-state index contributed by atoms with van der Waals surface area (Å²) in [7, 11) is 0. The van der Waals surface area contributed by atoms with Crippen molar-refractivity contribution in [2.75, 3.05) is 13.2 Å². The number of nitrogens with one attached hydrogen (secondary N) is 1. The first kappa shape index (κ1) is 14.7. The fraction of sp³-hybridized carbons (Fsp3) is 0.562. The number of nitrogens with zero attached hydrogens (tertiary/aromatic N) is 1. The molecule has 1 aromatic rings. The fourth-order valence-electron chi connectivity index (χ4n) is 2.13. The van der Waals surface area contributed by atoms with Crippen LogP contribution in [0.15, 0.2) is 29.3 Å².